The van der Waals surface area contributed by atoms with E-state index in [1.54, 1.807) is 7.11 Å². The van der Waals surface area contributed by atoms with Crippen molar-refractivity contribution in [3.05, 3.63) is 35.5 Å². The normalized spacial score (nSPS) is 18.5. The predicted molar refractivity (Wildman–Crippen MR) is 97.4 cm³/mol. The van der Waals surface area contributed by atoms with Crippen LogP contribution < -0.4 is 10.1 Å². The number of ether oxygens (including phenoxy) is 1. The summed E-state index contributed by atoms with van der Waals surface area (Å²) < 4.78 is 7.42. The van der Waals surface area contributed by atoms with E-state index in [-0.39, 0.29) is 0 Å². The van der Waals surface area contributed by atoms with Crippen LogP contribution in [-0.4, -0.2) is 23.4 Å². The number of hydrogen-bond donors (Lipinski definition) is 1. The van der Waals surface area contributed by atoms with Crippen LogP contribution in [0.15, 0.2) is 24.3 Å². The molecule has 0 atom stereocenters. The van der Waals surface area contributed by atoms with Gasteiger partial charge in [-0.1, -0.05) is 19.3 Å². The Bertz CT molecular complexity index is 684. The maximum atomic E-state index is 5.29. The monoisotopic (exact) mass is 325 g/mol. The Hall–Kier alpha value is -1.97. The molecular formula is C20H27N3O. The number of methoxy groups -OCH3 is 1. The lowest BCUT2D eigenvalue weighted by Crippen LogP contribution is -2.08. The van der Waals surface area contributed by atoms with Gasteiger partial charge in [0.1, 0.15) is 11.6 Å². The minimum atomic E-state index is 0.645. The Morgan fingerprint density at radius 3 is 2.58 bits per heavy atom. The van der Waals surface area contributed by atoms with Gasteiger partial charge in [0.15, 0.2) is 0 Å². The molecular weight excluding hydrogens is 298 g/mol. The van der Waals surface area contributed by atoms with Gasteiger partial charge in [-0.05, 0) is 56.4 Å². The Morgan fingerprint density at radius 2 is 1.83 bits per heavy atom. The fourth-order valence-corrected chi connectivity index (χ4v) is 4.14. The molecule has 128 valence electrons. The van der Waals surface area contributed by atoms with Crippen molar-refractivity contribution < 1.29 is 4.74 Å². The molecule has 1 saturated carbocycles. The smallest absolute Gasteiger partial charge is 0.133 e. The van der Waals surface area contributed by atoms with Crippen molar-refractivity contribution in [3.63, 3.8) is 0 Å². The van der Waals surface area contributed by atoms with Gasteiger partial charge in [-0.15, -0.1) is 0 Å². The molecule has 2 aromatic rings. The van der Waals surface area contributed by atoms with Crippen LogP contribution in [0.25, 0.3) is 5.69 Å². The molecule has 0 bridgehead atoms. The summed E-state index contributed by atoms with van der Waals surface area (Å²) in [7, 11) is 1.71. The van der Waals surface area contributed by atoms with Gasteiger partial charge in [-0.3, -0.25) is 0 Å². The van der Waals surface area contributed by atoms with Crippen LogP contribution in [0.3, 0.4) is 0 Å². The Kier molecular flexibility index (Phi) is 4.46. The molecule has 4 nitrogen and oxygen atoms in total. The highest BCUT2D eigenvalue weighted by Crippen LogP contribution is 2.38. The van der Waals surface area contributed by atoms with E-state index in [0.29, 0.717) is 5.92 Å². The van der Waals surface area contributed by atoms with Gasteiger partial charge in [-0.25, -0.2) is 4.68 Å². The highest BCUT2D eigenvalue weighted by Gasteiger charge is 2.27. The molecule has 1 N–H and O–H groups in total. The zero-order valence-corrected chi connectivity index (χ0v) is 14.6. The van der Waals surface area contributed by atoms with Gasteiger partial charge in [-0.2, -0.15) is 5.10 Å². The first-order valence-electron chi connectivity index (χ1n) is 9.37. The number of rotatable bonds is 3. The summed E-state index contributed by atoms with van der Waals surface area (Å²) in [5.74, 6) is 2.75. The van der Waals surface area contributed by atoms with E-state index in [1.807, 2.05) is 12.1 Å². The molecule has 1 aromatic carbocycles. The van der Waals surface area contributed by atoms with Crippen LogP contribution in [0.4, 0.5) is 5.82 Å². The minimum absolute atomic E-state index is 0.645. The summed E-state index contributed by atoms with van der Waals surface area (Å²) in [4.78, 5) is 0. The molecule has 0 saturated heterocycles. The fourth-order valence-electron chi connectivity index (χ4n) is 4.14. The fraction of sp³-hybridized carbons (Fsp3) is 0.550. The molecule has 0 unspecified atom stereocenters. The van der Waals surface area contributed by atoms with Crippen molar-refractivity contribution in [2.75, 3.05) is 19.0 Å². The number of nitrogens with one attached hydrogen (secondary N) is 1. The van der Waals surface area contributed by atoms with Crippen molar-refractivity contribution in [3.8, 4) is 11.4 Å². The van der Waals surface area contributed by atoms with Crippen LogP contribution >= 0.6 is 0 Å². The number of benzene rings is 1. The Morgan fingerprint density at radius 1 is 1.04 bits per heavy atom. The number of aromatic nitrogens is 2. The average molecular weight is 325 g/mol. The first kappa shape index (κ1) is 15.6. The predicted octanol–water partition coefficient (Wildman–Crippen LogP) is 4.68. The first-order valence-corrected chi connectivity index (χ1v) is 9.37. The van der Waals surface area contributed by atoms with Crippen LogP contribution in [0.1, 0.15) is 62.1 Å². The number of fused-ring (bicyclic) bond motifs is 1. The van der Waals surface area contributed by atoms with Crippen LogP contribution in [-0.2, 0) is 6.42 Å². The van der Waals surface area contributed by atoms with Crippen molar-refractivity contribution in [1.29, 1.82) is 0 Å². The van der Waals surface area contributed by atoms with Gasteiger partial charge in [0.25, 0.3) is 0 Å². The molecule has 0 spiro atoms. The van der Waals surface area contributed by atoms with Crippen molar-refractivity contribution >= 4 is 5.82 Å². The second-order valence-corrected chi connectivity index (χ2v) is 7.04. The van der Waals surface area contributed by atoms with Crippen LogP contribution in [0.5, 0.6) is 5.75 Å². The average Bonchev–Trinajstić information content (AvgIpc) is 2.84. The molecule has 4 rings (SSSR count). The second kappa shape index (κ2) is 6.88. The van der Waals surface area contributed by atoms with E-state index < -0.39 is 0 Å². The van der Waals surface area contributed by atoms with E-state index in [1.165, 1.54) is 62.0 Å². The standard InChI is InChI=1S/C20H27N3O/c1-24-17-12-10-16(11-13-17)23-20-18(9-5-6-14-21-20)19(22-23)15-7-3-2-4-8-15/h10-13,15,21H,2-9,14H2,1H3. The largest absolute Gasteiger partial charge is 0.497 e. The Balaban J connectivity index is 1.76. The quantitative estimate of drug-likeness (QED) is 0.891. The van der Waals surface area contributed by atoms with E-state index in [2.05, 4.69) is 22.1 Å². The molecule has 1 aliphatic carbocycles. The lowest BCUT2D eigenvalue weighted by atomic mass is 9.85. The summed E-state index contributed by atoms with van der Waals surface area (Å²) >= 11 is 0. The highest BCUT2D eigenvalue weighted by atomic mass is 16.5. The lowest BCUT2D eigenvalue weighted by molar-refractivity contribution is 0.414. The molecule has 2 heterocycles. The summed E-state index contributed by atoms with van der Waals surface area (Å²) in [6.45, 7) is 1.04. The molecule has 2 aliphatic rings. The molecule has 1 aliphatic heterocycles. The maximum absolute atomic E-state index is 5.29. The summed E-state index contributed by atoms with van der Waals surface area (Å²) in [5, 5.41) is 8.75. The van der Waals surface area contributed by atoms with E-state index in [0.717, 1.165) is 24.4 Å². The summed E-state index contributed by atoms with van der Waals surface area (Å²) in [5.41, 5.74) is 3.94. The van der Waals surface area contributed by atoms with Gasteiger partial charge in [0, 0.05) is 18.0 Å². The topological polar surface area (TPSA) is 39.1 Å². The number of hydrogen-bond acceptors (Lipinski definition) is 3. The zero-order valence-electron chi connectivity index (χ0n) is 14.6. The Labute approximate surface area is 144 Å². The lowest BCUT2D eigenvalue weighted by Gasteiger charge is -2.20. The third-order valence-electron chi connectivity index (χ3n) is 5.47. The molecule has 0 amide bonds. The van der Waals surface area contributed by atoms with E-state index in [4.69, 9.17) is 9.84 Å². The van der Waals surface area contributed by atoms with E-state index in [9.17, 15) is 0 Å². The maximum Gasteiger partial charge on any atom is 0.133 e. The number of anilines is 1. The summed E-state index contributed by atoms with van der Waals surface area (Å²) in [6.07, 6.45) is 10.3. The number of nitrogens with zero attached hydrogens (tertiary/aromatic N) is 2. The van der Waals surface area contributed by atoms with Gasteiger partial charge < -0.3 is 10.1 Å². The van der Waals surface area contributed by atoms with Crippen molar-refractivity contribution in [1.82, 2.24) is 9.78 Å². The molecule has 4 heteroatoms. The highest BCUT2D eigenvalue weighted by molar-refractivity contribution is 5.55. The molecule has 24 heavy (non-hydrogen) atoms. The summed E-state index contributed by atoms with van der Waals surface area (Å²) in [6, 6.07) is 8.23. The third kappa shape index (κ3) is 2.90. The van der Waals surface area contributed by atoms with Gasteiger partial charge in [0.05, 0.1) is 18.5 Å². The van der Waals surface area contributed by atoms with Gasteiger partial charge >= 0.3 is 0 Å². The molecule has 1 aromatic heterocycles. The second-order valence-electron chi connectivity index (χ2n) is 7.04. The zero-order chi connectivity index (χ0) is 16.4. The van der Waals surface area contributed by atoms with Crippen LogP contribution in [0.2, 0.25) is 0 Å². The molecule has 1 fully saturated rings. The third-order valence-corrected chi connectivity index (χ3v) is 5.47. The van der Waals surface area contributed by atoms with Crippen LogP contribution in [0, 0.1) is 0 Å². The minimum Gasteiger partial charge on any atom is -0.497 e. The van der Waals surface area contributed by atoms with E-state index >= 15 is 0 Å². The van der Waals surface area contributed by atoms with Crippen molar-refractivity contribution in [2.24, 2.45) is 0 Å². The SMILES string of the molecule is COc1ccc(-n2nc(C3CCCCC3)c3c2NCCCC3)cc1. The van der Waals surface area contributed by atoms with Crippen molar-refractivity contribution in [2.45, 2.75) is 57.3 Å². The first-order chi connectivity index (χ1) is 11.9. The van der Waals surface area contributed by atoms with Gasteiger partial charge in [0.2, 0.25) is 0 Å². The molecule has 0 radical (unpaired) electrons.